The zero-order valence-corrected chi connectivity index (χ0v) is 12.1. The summed E-state index contributed by atoms with van der Waals surface area (Å²) in [5.41, 5.74) is 5.06. The number of furan rings is 1. The van der Waals surface area contributed by atoms with Gasteiger partial charge in [-0.1, -0.05) is 30.3 Å². The van der Waals surface area contributed by atoms with Gasteiger partial charge < -0.3 is 4.42 Å². The van der Waals surface area contributed by atoms with Crippen LogP contribution in [0.1, 0.15) is 11.3 Å². The van der Waals surface area contributed by atoms with E-state index in [2.05, 4.69) is 16.0 Å². The third-order valence-corrected chi connectivity index (χ3v) is 3.24. The van der Waals surface area contributed by atoms with Crippen LogP contribution in [0.15, 0.2) is 65.4 Å². The van der Waals surface area contributed by atoms with E-state index < -0.39 is 0 Å². The predicted molar refractivity (Wildman–Crippen MR) is 85.2 cm³/mol. The Labute approximate surface area is 123 Å². The minimum Gasteiger partial charge on any atom is -0.464 e. The van der Waals surface area contributed by atoms with Crippen LogP contribution in [0.5, 0.6) is 0 Å². The summed E-state index contributed by atoms with van der Waals surface area (Å²) in [7, 11) is 0. The van der Waals surface area contributed by atoms with Gasteiger partial charge in [0.25, 0.3) is 0 Å². The number of aromatic nitrogens is 2. The predicted octanol–water partition coefficient (Wildman–Crippen LogP) is 4.68. The molecule has 0 unspecified atom stereocenters. The van der Waals surface area contributed by atoms with Gasteiger partial charge in [-0.2, -0.15) is 0 Å². The van der Waals surface area contributed by atoms with Crippen molar-refractivity contribution in [2.75, 3.05) is 0 Å². The average Bonchev–Trinajstić information content (AvgIpc) is 2.90. The lowest BCUT2D eigenvalue weighted by Crippen LogP contribution is -1.85. The minimum atomic E-state index is 0.957. The highest BCUT2D eigenvalue weighted by atomic mass is 16.3. The van der Waals surface area contributed by atoms with E-state index in [1.54, 1.807) is 12.5 Å². The Bertz CT molecular complexity index is 880. The fourth-order valence-electron chi connectivity index (χ4n) is 2.16. The SMILES string of the molecule is Cc1cnc2ccccc2n1.Cc1coc2ccccc12. The molecule has 0 saturated carbocycles. The highest BCUT2D eigenvalue weighted by molar-refractivity contribution is 5.80. The van der Waals surface area contributed by atoms with Gasteiger partial charge >= 0.3 is 0 Å². The van der Waals surface area contributed by atoms with Crippen molar-refractivity contribution in [2.24, 2.45) is 0 Å². The standard InChI is InChI=1S/C9H8N2.C9H8O/c1-7-6-10-8-4-2-3-5-9(8)11-7;1-7-6-10-9-5-3-2-4-8(7)9/h2-6H,1H3;2-6H,1H3. The van der Waals surface area contributed by atoms with E-state index >= 15 is 0 Å². The van der Waals surface area contributed by atoms with E-state index in [9.17, 15) is 0 Å². The first kappa shape index (κ1) is 13.3. The maximum Gasteiger partial charge on any atom is 0.134 e. The Balaban J connectivity index is 0.000000126. The quantitative estimate of drug-likeness (QED) is 0.468. The number of nitrogens with zero attached hydrogens (tertiary/aromatic N) is 2. The first-order valence-corrected chi connectivity index (χ1v) is 6.85. The van der Waals surface area contributed by atoms with E-state index in [0.717, 1.165) is 22.3 Å². The third-order valence-electron chi connectivity index (χ3n) is 3.24. The van der Waals surface area contributed by atoms with Crippen LogP contribution in [-0.4, -0.2) is 9.97 Å². The fourth-order valence-corrected chi connectivity index (χ4v) is 2.16. The second-order valence-corrected chi connectivity index (χ2v) is 4.91. The molecule has 0 fully saturated rings. The largest absolute Gasteiger partial charge is 0.464 e. The zero-order valence-electron chi connectivity index (χ0n) is 12.1. The number of hydrogen-bond donors (Lipinski definition) is 0. The molecular weight excluding hydrogens is 260 g/mol. The van der Waals surface area contributed by atoms with Crippen molar-refractivity contribution in [3.05, 3.63) is 72.2 Å². The van der Waals surface area contributed by atoms with Crippen LogP contribution in [0.2, 0.25) is 0 Å². The van der Waals surface area contributed by atoms with Crippen LogP contribution in [0.4, 0.5) is 0 Å². The Morgan fingerprint density at radius 3 is 2.38 bits per heavy atom. The monoisotopic (exact) mass is 276 g/mol. The number of fused-ring (bicyclic) bond motifs is 2. The lowest BCUT2D eigenvalue weighted by molar-refractivity contribution is 0.613. The molecule has 2 aromatic heterocycles. The van der Waals surface area contributed by atoms with Gasteiger partial charge in [0, 0.05) is 11.6 Å². The Hall–Kier alpha value is -2.68. The van der Waals surface area contributed by atoms with Gasteiger partial charge in [-0.15, -0.1) is 0 Å². The number of rotatable bonds is 0. The Kier molecular flexibility index (Phi) is 3.65. The van der Waals surface area contributed by atoms with Crippen molar-refractivity contribution < 1.29 is 4.42 Å². The summed E-state index contributed by atoms with van der Waals surface area (Å²) in [4.78, 5) is 8.53. The first-order chi connectivity index (χ1) is 10.2. The molecule has 2 aromatic carbocycles. The average molecular weight is 276 g/mol. The fraction of sp³-hybridized carbons (Fsp3) is 0.111. The molecule has 0 amide bonds. The van der Waals surface area contributed by atoms with Gasteiger partial charge in [0.1, 0.15) is 5.58 Å². The van der Waals surface area contributed by atoms with Crippen molar-refractivity contribution in [3.63, 3.8) is 0 Å². The molecule has 0 spiro atoms. The number of hydrogen-bond acceptors (Lipinski definition) is 3. The molecule has 2 heterocycles. The molecule has 0 saturated heterocycles. The zero-order chi connectivity index (χ0) is 14.7. The molecule has 3 heteroatoms. The molecule has 0 N–H and O–H groups in total. The normalized spacial score (nSPS) is 10.4. The van der Waals surface area contributed by atoms with Gasteiger partial charge in [-0.05, 0) is 37.6 Å². The smallest absolute Gasteiger partial charge is 0.134 e. The van der Waals surface area contributed by atoms with Gasteiger partial charge in [0.15, 0.2) is 0 Å². The van der Waals surface area contributed by atoms with Crippen molar-refractivity contribution in [2.45, 2.75) is 13.8 Å². The van der Waals surface area contributed by atoms with E-state index in [4.69, 9.17) is 4.42 Å². The van der Waals surface area contributed by atoms with Crippen LogP contribution in [0, 0.1) is 13.8 Å². The van der Waals surface area contributed by atoms with Gasteiger partial charge in [-0.25, -0.2) is 4.98 Å². The summed E-state index contributed by atoms with van der Waals surface area (Å²) >= 11 is 0. The van der Waals surface area contributed by atoms with E-state index in [1.165, 1.54) is 10.9 Å². The molecule has 0 aliphatic heterocycles. The van der Waals surface area contributed by atoms with E-state index in [-0.39, 0.29) is 0 Å². The second-order valence-electron chi connectivity index (χ2n) is 4.91. The molecule has 0 aliphatic rings. The molecule has 0 radical (unpaired) electrons. The summed E-state index contributed by atoms with van der Waals surface area (Å²) in [5.74, 6) is 0. The molecule has 3 nitrogen and oxygen atoms in total. The summed E-state index contributed by atoms with van der Waals surface area (Å²) in [6.45, 7) is 3.99. The lowest BCUT2D eigenvalue weighted by Gasteiger charge is -1.95. The van der Waals surface area contributed by atoms with Crippen LogP contribution in [0.25, 0.3) is 22.0 Å². The van der Waals surface area contributed by atoms with Crippen LogP contribution >= 0.6 is 0 Å². The van der Waals surface area contributed by atoms with E-state index in [0.29, 0.717) is 0 Å². The molecule has 4 rings (SSSR count). The molecule has 0 aliphatic carbocycles. The van der Waals surface area contributed by atoms with E-state index in [1.807, 2.05) is 56.3 Å². The van der Waals surface area contributed by atoms with Crippen LogP contribution in [-0.2, 0) is 0 Å². The first-order valence-electron chi connectivity index (χ1n) is 6.85. The van der Waals surface area contributed by atoms with Crippen molar-refractivity contribution in [1.29, 1.82) is 0 Å². The Morgan fingerprint density at radius 2 is 1.57 bits per heavy atom. The van der Waals surface area contributed by atoms with Gasteiger partial charge in [0.2, 0.25) is 0 Å². The number of para-hydroxylation sites is 3. The second kappa shape index (κ2) is 5.75. The lowest BCUT2D eigenvalue weighted by atomic mass is 10.2. The molecule has 0 bridgehead atoms. The number of aryl methyl sites for hydroxylation is 2. The van der Waals surface area contributed by atoms with Crippen LogP contribution in [0.3, 0.4) is 0 Å². The highest BCUT2D eigenvalue weighted by Gasteiger charge is 1.97. The van der Waals surface area contributed by atoms with Crippen molar-refractivity contribution >= 4 is 22.0 Å². The van der Waals surface area contributed by atoms with Crippen LogP contribution < -0.4 is 0 Å². The third kappa shape index (κ3) is 2.92. The van der Waals surface area contributed by atoms with Gasteiger partial charge in [0.05, 0.1) is 23.0 Å². The van der Waals surface area contributed by atoms with Crippen molar-refractivity contribution in [1.82, 2.24) is 9.97 Å². The minimum absolute atomic E-state index is 0.957. The molecule has 0 atom stereocenters. The Morgan fingerprint density at radius 1 is 0.857 bits per heavy atom. The topological polar surface area (TPSA) is 38.9 Å². The maximum atomic E-state index is 5.25. The summed E-state index contributed by atoms with van der Waals surface area (Å²) in [5, 5.41) is 1.21. The molecule has 4 aromatic rings. The number of benzene rings is 2. The maximum absolute atomic E-state index is 5.25. The summed E-state index contributed by atoms with van der Waals surface area (Å²) < 4.78 is 5.25. The molecule has 21 heavy (non-hydrogen) atoms. The molecular formula is C18H16N2O. The highest BCUT2D eigenvalue weighted by Crippen LogP contribution is 2.18. The molecule has 104 valence electrons. The van der Waals surface area contributed by atoms with Crippen molar-refractivity contribution in [3.8, 4) is 0 Å². The van der Waals surface area contributed by atoms with Gasteiger partial charge in [-0.3, -0.25) is 4.98 Å². The summed E-state index contributed by atoms with van der Waals surface area (Å²) in [6.07, 6.45) is 3.56. The summed E-state index contributed by atoms with van der Waals surface area (Å²) in [6, 6.07) is 15.9.